The standard InChI is InChI=1S/C14H10F10O5/c15-11(16,17)13(21,22)27-5-9(6-28-14(23,24)12(18,19)20)29-8-3-1-7(2-4-8)10(25)26/h1-4,9H,5-6H2,(H,25,26). The average molecular weight is 448 g/mol. The van der Waals surface area contributed by atoms with Gasteiger partial charge in [0.2, 0.25) is 0 Å². The maximum absolute atomic E-state index is 12.8. The van der Waals surface area contributed by atoms with Gasteiger partial charge in [0.25, 0.3) is 0 Å². The molecule has 166 valence electrons. The van der Waals surface area contributed by atoms with E-state index in [-0.39, 0.29) is 5.56 Å². The normalized spacial score (nSPS) is 13.6. The first-order valence-corrected chi connectivity index (χ1v) is 7.13. The molecule has 0 aliphatic heterocycles. The molecular formula is C14H10F10O5. The second-order valence-corrected chi connectivity index (χ2v) is 5.22. The summed E-state index contributed by atoms with van der Waals surface area (Å²) >= 11 is 0. The minimum Gasteiger partial charge on any atom is -0.486 e. The van der Waals surface area contributed by atoms with Crippen molar-refractivity contribution < 1.29 is 68.0 Å². The van der Waals surface area contributed by atoms with Crippen molar-refractivity contribution in [3.63, 3.8) is 0 Å². The number of hydrogen-bond acceptors (Lipinski definition) is 4. The number of hydrogen-bond donors (Lipinski definition) is 1. The molecule has 0 aliphatic rings. The number of benzene rings is 1. The maximum Gasteiger partial charge on any atom is 0.482 e. The predicted octanol–water partition coefficient (Wildman–Crippen LogP) is 4.48. The lowest BCUT2D eigenvalue weighted by Gasteiger charge is -2.26. The fraction of sp³-hybridized carbons (Fsp3) is 0.500. The molecule has 5 nitrogen and oxygen atoms in total. The molecule has 29 heavy (non-hydrogen) atoms. The minimum absolute atomic E-state index is 0.311. The van der Waals surface area contributed by atoms with Crippen LogP contribution in [0.15, 0.2) is 24.3 Å². The lowest BCUT2D eigenvalue weighted by atomic mass is 10.2. The zero-order valence-corrected chi connectivity index (χ0v) is 13.7. The quantitative estimate of drug-likeness (QED) is 0.565. The Morgan fingerprint density at radius 2 is 1.17 bits per heavy atom. The molecule has 0 spiro atoms. The van der Waals surface area contributed by atoms with Gasteiger partial charge in [0.15, 0.2) is 0 Å². The van der Waals surface area contributed by atoms with Gasteiger partial charge < -0.3 is 19.3 Å². The van der Waals surface area contributed by atoms with Crippen LogP contribution in [-0.2, 0) is 9.47 Å². The monoisotopic (exact) mass is 448 g/mol. The largest absolute Gasteiger partial charge is 0.486 e. The molecule has 0 bridgehead atoms. The number of carboxylic acid groups (broad SMARTS) is 1. The van der Waals surface area contributed by atoms with Gasteiger partial charge in [-0.1, -0.05) is 0 Å². The summed E-state index contributed by atoms with van der Waals surface area (Å²) in [6.07, 6.45) is -26.2. The van der Waals surface area contributed by atoms with E-state index in [1.54, 1.807) is 0 Å². The highest BCUT2D eigenvalue weighted by molar-refractivity contribution is 5.87. The topological polar surface area (TPSA) is 65.0 Å². The summed E-state index contributed by atoms with van der Waals surface area (Å²) in [5.41, 5.74) is -0.311. The van der Waals surface area contributed by atoms with Crippen LogP contribution in [0.1, 0.15) is 10.4 Å². The first-order chi connectivity index (χ1) is 13.0. The zero-order chi connectivity index (χ0) is 22.7. The van der Waals surface area contributed by atoms with E-state index in [1.165, 1.54) is 0 Å². The molecule has 0 saturated heterocycles. The van der Waals surface area contributed by atoms with Gasteiger partial charge in [0, 0.05) is 0 Å². The maximum atomic E-state index is 12.8. The summed E-state index contributed by atoms with van der Waals surface area (Å²) in [6, 6.07) is 3.46. The fourth-order valence-corrected chi connectivity index (χ4v) is 1.54. The number of halogens is 10. The highest BCUT2D eigenvalue weighted by Crippen LogP contribution is 2.38. The summed E-state index contributed by atoms with van der Waals surface area (Å²) in [7, 11) is 0. The molecule has 0 radical (unpaired) electrons. The molecule has 0 aliphatic carbocycles. The number of rotatable bonds is 9. The van der Waals surface area contributed by atoms with Crippen LogP contribution in [0.5, 0.6) is 5.75 Å². The molecular weight excluding hydrogens is 438 g/mol. The van der Waals surface area contributed by atoms with Crippen molar-refractivity contribution in [2.24, 2.45) is 0 Å². The van der Waals surface area contributed by atoms with E-state index >= 15 is 0 Å². The van der Waals surface area contributed by atoms with Gasteiger partial charge in [-0.05, 0) is 24.3 Å². The van der Waals surface area contributed by atoms with Gasteiger partial charge in [-0.2, -0.15) is 43.9 Å². The third-order valence-electron chi connectivity index (χ3n) is 2.97. The van der Waals surface area contributed by atoms with E-state index in [0.29, 0.717) is 0 Å². The van der Waals surface area contributed by atoms with Crippen molar-refractivity contribution in [1.82, 2.24) is 0 Å². The Morgan fingerprint density at radius 3 is 1.48 bits per heavy atom. The first kappa shape index (κ1) is 24.7. The van der Waals surface area contributed by atoms with Crippen LogP contribution in [0.4, 0.5) is 43.9 Å². The molecule has 0 heterocycles. The Bertz CT molecular complexity index is 654. The Hall–Kier alpha value is -2.29. The van der Waals surface area contributed by atoms with Crippen molar-refractivity contribution in [2.75, 3.05) is 13.2 Å². The minimum atomic E-state index is -6.20. The smallest absolute Gasteiger partial charge is 0.482 e. The summed E-state index contributed by atoms with van der Waals surface area (Å²) in [4.78, 5) is 10.7. The number of aromatic carboxylic acids is 1. The summed E-state index contributed by atoms with van der Waals surface area (Å²) in [5.74, 6) is -1.87. The van der Waals surface area contributed by atoms with Gasteiger partial charge >= 0.3 is 30.5 Å². The highest BCUT2D eigenvalue weighted by Gasteiger charge is 2.61. The highest BCUT2D eigenvalue weighted by atomic mass is 19.4. The molecule has 0 unspecified atom stereocenters. The van der Waals surface area contributed by atoms with Gasteiger partial charge in [-0.25, -0.2) is 4.79 Å². The fourth-order valence-electron chi connectivity index (χ4n) is 1.54. The Balaban J connectivity index is 2.94. The third-order valence-corrected chi connectivity index (χ3v) is 2.97. The molecule has 0 amide bonds. The number of alkyl halides is 10. The Morgan fingerprint density at radius 1 is 0.793 bits per heavy atom. The number of ether oxygens (including phenoxy) is 3. The van der Waals surface area contributed by atoms with Crippen molar-refractivity contribution in [3.05, 3.63) is 29.8 Å². The van der Waals surface area contributed by atoms with Crippen molar-refractivity contribution in [1.29, 1.82) is 0 Å². The van der Waals surface area contributed by atoms with Crippen LogP contribution in [0, 0.1) is 0 Å². The predicted molar refractivity (Wildman–Crippen MR) is 71.7 cm³/mol. The molecule has 0 atom stereocenters. The van der Waals surface area contributed by atoms with Gasteiger partial charge in [0.05, 0.1) is 18.8 Å². The second-order valence-electron chi connectivity index (χ2n) is 5.22. The zero-order valence-electron chi connectivity index (χ0n) is 13.7. The molecule has 1 N–H and O–H groups in total. The SMILES string of the molecule is O=C(O)c1ccc(OC(COC(F)(F)C(F)(F)F)COC(F)(F)C(F)(F)F)cc1. The molecule has 0 aromatic heterocycles. The molecule has 1 rings (SSSR count). The first-order valence-electron chi connectivity index (χ1n) is 7.13. The molecule has 15 heteroatoms. The molecule has 1 aromatic rings. The lowest BCUT2D eigenvalue weighted by molar-refractivity contribution is -0.403. The molecule has 1 aromatic carbocycles. The van der Waals surface area contributed by atoms with Crippen molar-refractivity contribution in [2.45, 2.75) is 30.7 Å². The van der Waals surface area contributed by atoms with Crippen molar-refractivity contribution in [3.8, 4) is 5.75 Å². The lowest BCUT2D eigenvalue weighted by Crippen LogP contribution is -2.45. The average Bonchev–Trinajstić information content (AvgIpc) is 2.55. The van der Waals surface area contributed by atoms with Gasteiger partial charge in [0.1, 0.15) is 11.9 Å². The Labute approximate surface area is 154 Å². The van der Waals surface area contributed by atoms with Crippen LogP contribution < -0.4 is 4.74 Å². The van der Waals surface area contributed by atoms with E-state index < -0.39 is 55.6 Å². The van der Waals surface area contributed by atoms with Crippen LogP contribution in [-0.4, -0.2) is 55.0 Å². The summed E-state index contributed by atoms with van der Waals surface area (Å²) in [6.45, 7) is -3.61. The summed E-state index contributed by atoms with van der Waals surface area (Å²) in [5, 5.41) is 8.70. The number of carboxylic acids is 1. The van der Waals surface area contributed by atoms with E-state index in [1.807, 2.05) is 0 Å². The Kier molecular flexibility index (Phi) is 7.34. The molecule has 0 fully saturated rings. The van der Waals surface area contributed by atoms with E-state index in [9.17, 15) is 48.7 Å². The van der Waals surface area contributed by atoms with E-state index in [4.69, 9.17) is 9.84 Å². The van der Waals surface area contributed by atoms with Crippen LogP contribution in [0.2, 0.25) is 0 Å². The van der Waals surface area contributed by atoms with Crippen LogP contribution in [0.3, 0.4) is 0 Å². The van der Waals surface area contributed by atoms with E-state index in [2.05, 4.69) is 9.47 Å². The summed E-state index contributed by atoms with van der Waals surface area (Å²) < 4.78 is 135. The van der Waals surface area contributed by atoms with Crippen LogP contribution in [0.25, 0.3) is 0 Å². The van der Waals surface area contributed by atoms with E-state index in [0.717, 1.165) is 24.3 Å². The van der Waals surface area contributed by atoms with Gasteiger partial charge in [-0.15, -0.1) is 0 Å². The van der Waals surface area contributed by atoms with Crippen molar-refractivity contribution >= 4 is 5.97 Å². The van der Waals surface area contributed by atoms with Crippen LogP contribution >= 0.6 is 0 Å². The number of carbonyl (C=O) groups is 1. The second kappa shape index (κ2) is 8.61. The van der Waals surface area contributed by atoms with Gasteiger partial charge in [-0.3, -0.25) is 0 Å². The molecule has 0 saturated carbocycles. The third kappa shape index (κ3) is 6.92.